The molecule has 78 valence electrons. The third-order valence-corrected chi connectivity index (χ3v) is 3.35. The lowest BCUT2D eigenvalue weighted by Crippen LogP contribution is -2.24. The molecule has 1 aromatic rings. The van der Waals surface area contributed by atoms with Crippen molar-refractivity contribution in [3.8, 4) is 0 Å². The molecule has 0 spiro atoms. The number of aliphatic hydroxyl groups is 1. The third-order valence-electron chi connectivity index (χ3n) is 3.35. The smallest absolute Gasteiger partial charge is 0.194 e. The lowest BCUT2D eigenvalue weighted by Gasteiger charge is -2.18. The van der Waals surface area contributed by atoms with Crippen molar-refractivity contribution in [1.29, 1.82) is 0 Å². The number of ether oxygens (including phenoxy) is 1. The number of benzene rings is 1. The molecule has 3 heteroatoms. The fourth-order valence-electron chi connectivity index (χ4n) is 2.20. The van der Waals surface area contributed by atoms with E-state index in [0.29, 0.717) is 5.56 Å². The van der Waals surface area contributed by atoms with Gasteiger partial charge in [0.25, 0.3) is 0 Å². The largest absolute Gasteiger partial charge is 0.386 e. The summed E-state index contributed by atoms with van der Waals surface area (Å²) in [5.41, 5.74) is 3.53. The topological polar surface area (TPSA) is 49.8 Å². The van der Waals surface area contributed by atoms with Crippen LogP contribution in [-0.2, 0) is 4.74 Å². The third kappa shape index (κ3) is 1.10. The normalized spacial score (nSPS) is 32.2. The molecule has 0 bridgehead atoms. The van der Waals surface area contributed by atoms with Crippen LogP contribution in [0.4, 0.5) is 0 Å². The van der Waals surface area contributed by atoms with Crippen LogP contribution in [0.5, 0.6) is 0 Å². The summed E-state index contributed by atoms with van der Waals surface area (Å²) in [6, 6.07) is 3.75. The molecule has 0 amide bonds. The standard InChI is InChI=1S/C12H12O3/c1-5-3-7-8(4-6(5)2)10(14)12-11(15-12)9(7)13/h3-4,9,11-13H,1-2H3/t9-,11-,12+/m0/s1. The summed E-state index contributed by atoms with van der Waals surface area (Å²) in [4.78, 5) is 11.8. The Kier molecular flexibility index (Phi) is 1.62. The summed E-state index contributed by atoms with van der Waals surface area (Å²) in [5, 5.41) is 9.93. The Hall–Kier alpha value is -1.19. The summed E-state index contributed by atoms with van der Waals surface area (Å²) < 4.78 is 5.17. The number of hydrogen-bond donors (Lipinski definition) is 1. The predicted molar refractivity (Wildman–Crippen MR) is 53.9 cm³/mol. The number of hydrogen-bond acceptors (Lipinski definition) is 3. The van der Waals surface area contributed by atoms with Crippen LogP contribution in [0.1, 0.15) is 33.2 Å². The zero-order chi connectivity index (χ0) is 10.7. The fraction of sp³-hybridized carbons (Fsp3) is 0.417. The van der Waals surface area contributed by atoms with Crippen LogP contribution in [0.25, 0.3) is 0 Å². The second-order valence-electron chi connectivity index (χ2n) is 4.35. The summed E-state index contributed by atoms with van der Waals surface area (Å²) in [6.45, 7) is 3.95. The van der Waals surface area contributed by atoms with Crippen molar-refractivity contribution >= 4 is 5.78 Å². The summed E-state index contributed by atoms with van der Waals surface area (Å²) in [5.74, 6) is 0.0170. The Balaban J connectivity index is 2.22. The maximum absolute atomic E-state index is 11.8. The Morgan fingerprint density at radius 3 is 2.67 bits per heavy atom. The van der Waals surface area contributed by atoms with Gasteiger partial charge in [0.05, 0.1) is 0 Å². The van der Waals surface area contributed by atoms with Gasteiger partial charge >= 0.3 is 0 Å². The molecular formula is C12H12O3. The van der Waals surface area contributed by atoms with E-state index in [1.54, 1.807) is 0 Å². The number of aliphatic hydroxyl groups excluding tert-OH is 1. The first-order valence-electron chi connectivity index (χ1n) is 5.08. The highest BCUT2D eigenvalue weighted by Crippen LogP contribution is 2.43. The molecule has 1 aromatic carbocycles. The van der Waals surface area contributed by atoms with Crippen molar-refractivity contribution < 1.29 is 14.6 Å². The Labute approximate surface area is 87.7 Å². The van der Waals surface area contributed by atoms with Gasteiger partial charge in [0.1, 0.15) is 18.3 Å². The van der Waals surface area contributed by atoms with Gasteiger partial charge in [-0.15, -0.1) is 0 Å². The maximum Gasteiger partial charge on any atom is 0.194 e. The quantitative estimate of drug-likeness (QED) is 0.648. The number of fused-ring (bicyclic) bond motifs is 2. The van der Waals surface area contributed by atoms with Gasteiger partial charge in [0.15, 0.2) is 5.78 Å². The van der Waals surface area contributed by atoms with E-state index in [4.69, 9.17) is 4.74 Å². The molecule has 0 unspecified atom stereocenters. The van der Waals surface area contributed by atoms with E-state index < -0.39 is 12.2 Å². The minimum atomic E-state index is -0.637. The van der Waals surface area contributed by atoms with E-state index in [0.717, 1.165) is 16.7 Å². The first kappa shape index (κ1) is 9.07. The molecule has 0 radical (unpaired) electrons. The van der Waals surface area contributed by atoms with E-state index >= 15 is 0 Å². The van der Waals surface area contributed by atoms with Gasteiger partial charge < -0.3 is 9.84 Å². The van der Waals surface area contributed by atoms with Crippen LogP contribution in [0, 0.1) is 13.8 Å². The number of ketones is 1. The highest BCUT2D eigenvalue weighted by molar-refractivity contribution is 6.04. The van der Waals surface area contributed by atoms with E-state index in [-0.39, 0.29) is 11.9 Å². The van der Waals surface area contributed by atoms with Crippen LogP contribution >= 0.6 is 0 Å². The first-order chi connectivity index (χ1) is 7.09. The van der Waals surface area contributed by atoms with Crippen molar-refractivity contribution in [2.45, 2.75) is 32.2 Å². The van der Waals surface area contributed by atoms with Gasteiger partial charge in [-0.3, -0.25) is 4.79 Å². The molecule has 1 aliphatic carbocycles. The first-order valence-corrected chi connectivity index (χ1v) is 5.08. The van der Waals surface area contributed by atoms with Crippen LogP contribution in [0.2, 0.25) is 0 Å². The second kappa shape index (κ2) is 2.68. The SMILES string of the molecule is Cc1cc2c(cc1C)[C@H](O)[C@@H]1O[C@@H]1C2=O. The van der Waals surface area contributed by atoms with Crippen LogP contribution < -0.4 is 0 Å². The highest BCUT2D eigenvalue weighted by Gasteiger charge is 2.54. The van der Waals surface area contributed by atoms with Crippen LogP contribution in [0.3, 0.4) is 0 Å². The van der Waals surface area contributed by atoms with Gasteiger partial charge in [0, 0.05) is 5.56 Å². The molecule has 1 heterocycles. The lowest BCUT2D eigenvalue weighted by atomic mass is 9.86. The molecule has 15 heavy (non-hydrogen) atoms. The van der Waals surface area contributed by atoms with Crippen molar-refractivity contribution in [1.82, 2.24) is 0 Å². The zero-order valence-corrected chi connectivity index (χ0v) is 8.65. The maximum atomic E-state index is 11.8. The number of carbonyl (C=O) groups is 1. The van der Waals surface area contributed by atoms with E-state index in [1.165, 1.54) is 0 Å². The molecule has 0 saturated carbocycles. The zero-order valence-electron chi connectivity index (χ0n) is 8.65. The van der Waals surface area contributed by atoms with Crippen molar-refractivity contribution in [2.75, 3.05) is 0 Å². The van der Waals surface area contributed by atoms with Crippen LogP contribution in [-0.4, -0.2) is 23.1 Å². The molecule has 2 aliphatic rings. The van der Waals surface area contributed by atoms with Gasteiger partial charge in [-0.05, 0) is 36.6 Å². The summed E-state index contributed by atoms with van der Waals surface area (Å²) in [6.07, 6.45) is -1.33. The van der Waals surface area contributed by atoms with Gasteiger partial charge in [-0.25, -0.2) is 0 Å². The van der Waals surface area contributed by atoms with E-state index in [1.807, 2.05) is 26.0 Å². The number of aryl methyl sites for hydroxylation is 2. The highest BCUT2D eigenvalue weighted by atomic mass is 16.6. The van der Waals surface area contributed by atoms with Crippen molar-refractivity contribution in [3.05, 3.63) is 34.4 Å². The minimum Gasteiger partial charge on any atom is -0.386 e. The Morgan fingerprint density at radius 2 is 1.93 bits per heavy atom. The van der Waals surface area contributed by atoms with Gasteiger partial charge in [-0.2, -0.15) is 0 Å². The van der Waals surface area contributed by atoms with E-state index in [9.17, 15) is 9.90 Å². The molecule has 1 fully saturated rings. The monoisotopic (exact) mass is 204 g/mol. The molecule has 1 aliphatic heterocycles. The average Bonchev–Trinajstić information content (AvgIpc) is 2.98. The van der Waals surface area contributed by atoms with Crippen LogP contribution in [0.15, 0.2) is 12.1 Å². The van der Waals surface area contributed by atoms with Gasteiger partial charge in [-0.1, -0.05) is 6.07 Å². The van der Waals surface area contributed by atoms with Crippen molar-refractivity contribution in [3.63, 3.8) is 0 Å². The molecule has 3 atom stereocenters. The number of carbonyl (C=O) groups excluding carboxylic acids is 1. The number of epoxide rings is 1. The van der Waals surface area contributed by atoms with Crippen molar-refractivity contribution in [2.24, 2.45) is 0 Å². The Bertz CT molecular complexity index is 464. The Morgan fingerprint density at radius 1 is 1.27 bits per heavy atom. The molecule has 3 rings (SSSR count). The number of rotatable bonds is 0. The lowest BCUT2D eigenvalue weighted by molar-refractivity contribution is 0.0941. The summed E-state index contributed by atoms with van der Waals surface area (Å²) in [7, 11) is 0. The second-order valence-corrected chi connectivity index (χ2v) is 4.35. The molecule has 0 aromatic heterocycles. The molecule has 1 N–H and O–H groups in total. The predicted octanol–water partition coefficient (Wildman–Crippen LogP) is 1.30. The molecular weight excluding hydrogens is 192 g/mol. The summed E-state index contributed by atoms with van der Waals surface area (Å²) >= 11 is 0. The van der Waals surface area contributed by atoms with E-state index in [2.05, 4.69) is 0 Å². The fourth-order valence-corrected chi connectivity index (χ4v) is 2.20. The average molecular weight is 204 g/mol. The van der Waals surface area contributed by atoms with Gasteiger partial charge in [0.2, 0.25) is 0 Å². The number of Topliss-reactive ketones (excluding diaryl/α,β-unsaturated/α-hetero) is 1. The molecule has 3 nitrogen and oxygen atoms in total. The minimum absolute atomic E-state index is 0.0170. The molecule has 1 saturated heterocycles.